The van der Waals surface area contributed by atoms with E-state index in [2.05, 4.69) is 21.2 Å². The van der Waals surface area contributed by atoms with E-state index in [0.29, 0.717) is 44.3 Å². The molecular weight excluding hydrogens is 466 g/mol. The second-order valence-electron chi connectivity index (χ2n) is 6.65. The summed E-state index contributed by atoms with van der Waals surface area (Å²) in [6.07, 6.45) is 0. The van der Waals surface area contributed by atoms with Crippen LogP contribution in [0.25, 0.3) is 0 Å². The molecule has 1 heterocycles. The summed E-state index contributed by atoms with van der Waals surface area (Å²) in [5.41, 5.74) is 0.873. The third kappa shape index (κ3) is 5.33. The van der Waals surface area contributed by atoms with Crippen LogP contribution in [0.2, 0.25) is 5.02 Å². The minimum atomic E-state index is -3.50. The van der Waals surface area contributed by atoms with Crippen LogP contribution >= 0.6 is 27.5 Å². The van der Waals surface area contributed by atoms with Crippen LogP contribution in [0.3, 0.4) is 0 Å². The Labute approximate surface area is 178 Å². The van der Waals surface area contributed by atoms with E-state index in [1.807, 2.05) is 18.2 Å². The Morgan fingerprint density at radius 1 is 1.11 bits per heavy atom. The van der Waals surface area contributed by atoms with Gasteiger partial charge in [-0.15, -0.1) is 0 Å². The van der Waals surface area contributed by atoms with Crippen LogP contribution < -0.4 is 10.2 Å². The summed E-state index contributed by atoms with van der Waals surface area (Å²) in [7, 11) is -3.50. The van der Waals surface area contributed by atoms with E-state index in [4.69, 9.17) is 11.6 Å². The number of halogens is 2. The van der Waals surface area contributed by atoms with Crippen LogP contribution in [0, 0.1) is 0 Å². The van der Waals surface area contributed by atoms with Crippen molar-refractivity contribution in [2.24, 2.45) is 0 Å². The topological polar surface area (TPSA) is 70.9 Å². The monoisotopic (exact) mass is 486 g/mol. The third-order valence-electron chi connectivity index (χ3n) is 4.73. The first-order valence-corrected chi connectivity index (χ1v) is 11.6. The second-order valence-corrected chi connectivity index (χ2v) is 9.91. The molecule has 9 heteroatoms. The van der Waals surface area contributed by atoms with E-state index in [-0.39, 0.29) is 10.8 Å². The zero-order valence-corrected chi connectivity index (χ0v) is 18.4. The number of benzene rings is 2. The maximum Gasteiger partial charge on any atom is 0.275 e. The van der Waals surface area contributed by atoms with Gasteiger partial charge >= 0.3 is 0 Å². The summed E-state index contributed by atoms with van der Waals surface area (Å²) in [6, 6.07) is 14.0. The molecule has 1 amide bonds. The van der Waals surface area contributed by atoms with E-state index in [9.17, 15) is 13.2 Å². The van der Waals surface area contributed by atoms with Gasteiger partial charge in [-0.3, -0.25) is 4.79 Å². The van der Waals surface area contributed by atoms with Crippen molar-refractivity contribution < 1.29 is 18.1 Å². The Hall–Kier alpha value is -1.45. The number of quaternary nitrogens is 1. The fourth-order valence-corrected chi connectivity index (χ4v) is 5.01. The van der Waals surface area contributed by atoms with Gasteiger partial charge in [0.05, 0.1) is 31.1 Å². The number of carbonyl (C=O) groups excluding carboxylic acids is 1. The zero-order valence-electron chi connectivity index (χ0n) is 15.2. The van der Waals surface area contributed by atoms with Crippen LogP contribution in [0.4, 0.5) is 0 Å². The molecule has 28 heavy (non-hydrogen) atoms. The summed E-state index contributed by atoms with van der Waals surface area (Å²) in [4.78, 5) is 13.6. The maximum atomic E-state index is 12.7. The lowest BCUT2D eigenvalue weighted by Crippen LogP contribution is -3.15. The number of piperazine rings is 1. The number of nitrogens with zero attached hydrogens (tertiary/aromatic N) is 1. The van der Waals surface area contributed by atoms with Crippen molar-refractivity contribution in [3.05, 3.63) is 63.6 Å². The van der Waals surface area contributed by atoms with Gasteiger partial charge in [-0.25, -0.2) is 8.42 Å². The van der Waals surface area contributed by atoms with Crippen molar-refractivity contribution in [1.29, 1.82) is 0 Å². The number of hydrogen-bond acceptors (Lipinski definition) is 3. The average molecular weight is 488 g/mol. The highest BCUT2D eigenvalue weighted by Crippen LogP contribution is 2.18. The first-order chi connectivity index (χ1) is 13.4. The van der Waals surface area contributed by atoms with E-state index in [1.54, 1.807) is 30.3 Å². The summed E-state index contributed by atoms with van der Waals surface area (Å²) in [5, 5.41) is 3.51. The molecule has 3 rings (SSSR count). The number of amides is 1. The summed E-state index contributed by atoms with van der Waals surface area (Å²) in [6.45, 7) is 2.67. The van der Waals surface area contributed by atoms with Crippen molar-refractivity contribution >= 4 is 43.5 Å². The van der Waals surface area contributed by atoms with Crippen molar-refractivity contribution in [3.63, 3.8) is 0 Å². The molecule has 1 aliphatic heterocycles. The molecular formula is C19H22BrClN3O3S+. The van der Waals surface area contributed by atoms with E-state index in [0.717, 1.165) is 14.9 Å². The Bertz CT molecular complexity index is 930. The van der Waals surface area contributed by atoms with Crippen LogP contribution in [-0.4, -0.2) is 51.4 Å². The second kappa shape index (κ2) is 9.37. The highest BCUT2D eigenvalue weighted by Gasteiger charge is 2.31. The number of sulfonamides is 1. The zero-order chi connectivity index (χ0) is 20.1. The quantitative estimate of drug-likeness (QED) is 0.645. The molecule has 2 N–H and O–H groups in total. The fourth-order valence-electron chi connectivity index (χ4n) is 3.10. The fraction of sp³-hybridized carbons (Fsp3) is 0.316. The molecule has 1 aliphatic rings. The van der Waals surface area contributed by atoms with Gasteiger partial charge in [-0.05, 0) is 35.9 Å². The molecule has 0 unspecified atom stereocenters. The van der Waals surface area contributed by atoms with Gasteiger partial charge in [0.2, 0.25) is 10.0 Å². The van der Waals surface area contributed by atoms with Gasteiger partial charge in [0, 0.05) is 16.0 Å². The Kier molecular flexibility index (Phi) is 7.11. The molecule has 1 saturated heterocycles. The first kappa shape index (κ1) is 21.3. The molecule has 1 fully saturated rings. The molecule has 0 aliphatic carbocycles. The van der Waals surface area contributed by atoms with Crippen LogP contribution in [0.1, 0.15) is 5.56 Å². The number of nitrogens with one attached hydrogen (secondary N) is 2. The maximum absolute atomic E-state index is 12.7. The van der Waals surface area contributed by atoms with Gasteiger partial charge in [-0.2, -0.15) is 4.31 Å². The summed E-state index contributed by atoms with van der Waals surface area (Å²) < 4.78 is 27.8. The lowest BCUT2D eigenvalue weighted by atomic mass is 10.2. The summed E-state index contributed by atoms with van der Waals surface area (Å²) in [5.74, 6) is -0.0702. The Balaban J connectivity index is 1.49. The lowest BCUT2D eigenvalue weighted by Gasteiger charge is -2.31. The Morgan fingerprint density at radius 3 is 2.39 bits per heavy atom. The average Bonchev–Trinajstić information content (AvgIpc) is 2.68. The highest BCUT2D eigenvalue weighted by molar-refractivity contribution is 9.10. The van der Waals surface area contributed by atoms with Crippen molar-refractivity contribution in [1.82, 2.24) is 9.62 Å². The lowest BCUT2D eigenvalue weighted by molar-refractivity contribution is -0.895. The van der Waals surface area contributed by atoms with E-state index >= 15 is 0 Å². The van der Waals surface area contributed by atoms with Gasteiger partial charge in [0.15, 0.2) is 6.54 Å². The standard InChI is InChI=1S/C19H21BrClN3O3S/c20-16-5-7-17(8-6-16)28(26,27)24-11-9-23(10-12-24)14-19(25)22-13-15-3-1-2-4-18(15)21/h1-8H,9-14H2,(H,22,25)/p+1. The number of hydrogen-bond donors (Lipinski definition) is 2. The smallest absolute Gasteiger partial charge is 0.275 e. The van der Waals surface area contributed by atoms with Crippen LogP contribution in [0.15, 0.2) is 57.9 Å². The van der Waals surface area contributed by atoms with Crippen LogP contribution in [0.5, 0.6) is 0 Å². The number of rotatable bonds is 6. The van der Waals surface area contributed by atoms with Gasteiger partial charge in [0.1, 0.15) is 0 Å². The normalized spacial score (nSPS) is 16.1. The minimum Gasteiger partial charge on any atom is -0.347 e. The predicted octanol–water partition coefficient (Wildman–Crippen LogP) is 1.31. The van der Waals surface area contributed by atoms with Gasteiger partial charge < -0.3 is 10.2 Å². The predicted molar refractivity (Wildman–Crippen MR) is 112 cm³/mol. The van der Waals surface area contributed by atoms with Crippen molar-refractivity contribution in [3.8, 4) is 0 Å². The molecule has 0 spiro atoms. The van der Waals surface area contributed by atoms with E-state index < -0.39 is 10.0 Å². The van der Waals surface area contributed by atoms with Gasteiger partial charge in [0.25, 0.3) is 5.91 Å². The van der Waals surface area contributed by atoms with E-state index in [1.165, 1.54) is 4.31 Å². The van der Waals surface area contributed by atoms with Crippen molar-refractivity contribution in [2.45, 2.75) is 11.4 Å². The molecule has 0 bridgehead atoms. The van der Waals surface area contributed by atoms with Gasteiger partial charge in [-0.1, -0.05) is 45.7 Å². The molecule has 6 nitrogen and oxygen atoms in total. The molecule has 2 aromatic carbocycles. The third-order valence-corrected chi connectivity index (χ3v) is 7.54. The first-order valence-electron chi connectivity index (χ1n) is 8.95. The Morgan fingerprint density at radius 2 is 1.75 bits per heavy atom. The molecule has 2 aromatic rings. The largest absolute Gasteiger partial charge is 0.347 e. The number of carbonyl (C=O) groups is 1. The summed E-state index contributed by atoms with van der Waals surface area (Å²) >= 11 is 9.41. The highest BCUT2D eigenvalue weighted by atomic mass is 79.9. The molecule has 0 atom stereocenters. The molecule has 0 radical (unpaired) electrons. The molecule has 0 aromatic heterocycles. The minimum absolute atomic E-state index is 0.0702. The molecule has 0 saturated carbocycles. The van der Waals surface area contributed by atoms with Crippen molar-refractivity contribution in [2.75, 3.05) is 32.7 Å². The SMILES string of the molecule is O=C(C[NH+]1CCN(S(=O)(=O)c2ccc(Br)cc2)CC1)NCc1ccccc1Cl. The molecule has 150 valence electrons. The van der Waals surface area contributed by atoms with Crippen LogP contribution in [-0.2, 0) is 21.4 Å².